The quantitative estimate of drug-likeness (QED) is 0.663. The number of carbonyl (C=O) groups is 1. The van der Waals surface area contributed by atoms with Gasteiger partial charge < -0.3 is 14.8 Å². The largest absolute Gasteiger partial charge is 0.493 e. The van der Waals surface area contributed by atoms with Crippen LogP contribution in [0.2, 0.25) is 5.02 Å². The number of carbonyl (C=O) groups excluding carboxylic acids is 1. The number of benzene rings is 2. The molecule has 0 unspecified atom stereocenters. The van der Waals surface area contributed by atoms with E-state index in [2.05, 4.69) is 5.32 Å². The van der Waals surface area contributed by atoms with Gasteiger partial charge in [0.05, 0.1) is 29.2 Å². The molecule has 1 N–H and O–H groups in total. The van der Waals surface area contributed by atoms with Crippen LogP contribution in [0.25, 0.3) is 0 Å². The monoisotopic (exact) mass is 452 g/mol. The second-order valence-electron chi connectivity index (χ2n) is 6.85. The highest BCUT2D eigenvalue weighted by Crippen LogP contribution is 2.28. The Morgan fingerprint density at radius 2 is 1.87 bits per heavy atom. The first-order chi connectivity index (χ1) is 14.4. The highest BCUT2D eigenvalue weighted by Gasteiger charge is 2.28. The van der Waals surface area contributed by atoms with Crippen LogP contribution >= 0.6 is 11.6 Å². The summed E-state index contributed by atoms with van der Waals surface area (Å²) in [5.74, 6) is 0.741. The molecule has 9 heteroatoms. The average molecular weight is 453 g/mol. The molecule has 0 saturated carbocycles. The summed E-state index contributed by atoms with van der Waals surface area (Å²) in [5, 5.41) is 2.98. The first-order valence-corrected chi connectivity index (χ1v) is 11.6. The highest BCUT2D eigenvalue weighted by atomic mass is 35.5. The molecule has 0 aromatic heterocycles. The fourth-order valence-electron chi connectivity index (χ4n) is 3.29. The van der Waals surface area contributed by atoms with Gasteiger partial charge >= 0.3 is 0 Å². The van der Waals surface area contributed by atoms with Crippen LogP contribution in [-0.2, 0) is 16.6 Å². The van der Waals surface area contributed by atoms with Crippen LogP contribution < -0.4 is 14.8 Å². The Labute approximate surface area is 182 Å². The third-order valence-corrected chi connectivity index (χ3v) is 7.09. The molecule has 30 heavy (non-hydrogen) atoms. The van der Waals surface area contributed by atoms with Crippen molar-refractivity contribution in [1.82, 2.24) is 9.62 Å². The first kappa shape index (κ1) is 22.4. The zero-order valence-electron chi connectivity index (χ0n) is 17.0. The predicted octanol–water partition coefficient (Wildman–Crippen LogP) is 3.46. The molecule has 162 valence electrons. The normalized spacial score (nSPS) is 14.5. The number of nitrogens with one attached hydrogen (secondary N) is 1. The van der Waals surface area contributed by atoms with Crippen molar-refractivity contribution in [2.45, 2.75) is 31.2 Å². The number of halogens is 1. The molecular weight excluding hydrogens is 428 g/mol. The smallest absolute Gasteiger partial charge is 0.253 e. The van der Waals surface area contributed by atoms with E-state index < -0.39 is 15.9 Å². The van der Waals surface area contributed by atoms with E-state index in [1.807, 2.05) is 13.0 Å². The lowest BCUT2D eigenvalue weighted by molar-refractivity contribution is 0.0950. The lowest BCUT2D eigenvalue weighted by Gasteiger charge is -2.16. The molecule has 1 amide bonds. The summed E-state index contributed by atoms with van der Waals surface area (Å²) in [6.45, 7) is 3.57. The predicted molar refractivity (Wildman–Crippen MR) is 115 cm³/mol. The van der Waals surface area contributed by atoms with E-state index in [9.17, 15) is 13.2 Å². The van der Waals surface area contributed by atoms with E-state index in [1.54, 1.807) is 19.2 Å². The molecule has 0 radical (unpaired) electrons. The van der Waals surface area contributed by atoms with Gasteiger partial charge in [0, 0.05) is 19.6 Å². The fourth-order valence-corrected chi connectivity index (χ4v) is 5.04. The van der Waals surface area contributed by atoms with Crippen LogP contribution in [0.15, 0.2) is 41.3 Å². The number of rotatable bonds is 8. The maximum atomic E-state index is 12.8. The van der Waals surface area contributed by atoms with E-state index in [0.29, 0.717) is 31.2 Å². The van der Waals surface area contributed by atoms with Gasteiger partial charge in [-0.25, -0.2) is 8.42 Å². The molecule has 1 aliphatic heterocycles. The summed E-state index contributed by atoms with van der Waals surface area (Å²) in [6, 6.07) is 9.59. The van der Waals surface area contributed by atoms with E-state index >= 15 is 0 Å². The Morgan fingerprint density at radius 3 is 2.53 bits per heavy atom. The van der Waals surface area contributed by atoms with Gasteiger partial charge in [-0.15, -0.1) is 0 Å². The van der Waals surface area contributed by atoms with Gasteiger partial charge in [-0.05, 0) is 55.7 Å². The molecule has 1 saturated heterocycles. The van der Waals surface area contributed by atoms with Crippen LogP contribution in [0.1, 0.15) is 35.7 Å². The van der Waals surface area contributed by atoms with Crippen molar-refractivity contribution >= 4 is 27.5 Å². The minimum absolute atomic E-state index is 0.0713. The zero-order chi connectivity index (χ0) is 21.7. The molecule has 3 rings (SSSR count). The van der Waals surface area contributed by atoms with E-state index in [1.165, 1.54) is 22.5 Å². The molecule has 0 atom stereocenters. The summed E-state index contributed by atoms with van der Waals surface area (Å²) in [6.07, 6.45) is 1.68. The van der Waals surface area contributed by atoms with Crippen molar-refractivity contribution in [3.63, 3.8) is 0 Å². The second-order valence-corrected chi connectivity index (χ2v) is 9.20. The number of hydrogen-bond donors (Lipinski definition) is 1. The summed E-state index contributed by atoms with van der Waals surface area (Å²) in [4.78, 5) is 12.8. The van der Waals surface area contributed by atoms with Crippen LogP contribution in [0, 0.1) is 0 Å². The Bertz CT molecular complexity index is 1020. The summed E-state index contributed by atoms with van der Waals surface area (Å²) >= 11 is 6.18. The molecule has 7 nitrogen and oxygen atoms in total. The number of hydrogen-bond acceptors (Lipinski definition) is 5. The van der Waals surface area contributed by atoms with Gasteiger partial charge in [0.15, 0.2) is 11.5 Å². The van der Waals surface area contributed by atoms with Gasteiger partial charge in [-0.3, -0.25) is 4.79 Å². The molecule has 2 aromatic rings. The van der Waals surface area contributed by atoms with E-state index in [4.69, 9.17) is 21.1 Å². The van der Waals surface area contributed by atoms with Crippen LogP contribution in [0.5, 0.6) is 11.5 Å². The molecular formula is C21H25ClN2O5S. The third-order valence-electron chi connectivity index (χ3n) is 4.87. The first-order valence-electron chi connectivity index (χ1n) is 9.74. The molecule has 1 fully saturated rings. The Kier molecular flexibility index (Phi) is 7.23. The number of sulfonamides is 1. The van der Waals surface area contributed by atoms with Crippen molar-refractivity contribution in [3.8, 4) is 11.5 Å². The van der Waals surface area contributed by atoms with Crippen molar-refractivity contribution in [2.24, 2.45) is 0 Å². The second kappa shape index (κ2) is 9.68. The number of methoxy groups -OCH3 is 1. The van der Waals surface area contributed by atoms with Gasteiger partial charge in [-0.2, -0.15) is 4.31 Å². The van der Waals surface area contributed by atoms with Gasteiger partial charge in [-0.1, -0.05) is 17.7 Å². The third kappa shape index (κ3) is 4.88. The topological polar surface area (TPSA) is 84.9 Å². The lowest BCUT2D eigenvalue weighted by Crippen LogP contribution is -2.28. The summed E-state index contributed by atoms with van der Waals surface area (Å²) < 4.78 is 37.8. The van der Waals surface area contributed by atoms with Crippen molar-refractivity contribution in [3.05, 3.63) is 52.5 Å². The van der Waals surface area contributed by atoms with Crippen LogP contribution in [0.4, 0.5) is 0 Å². The van der Waals surface area contributed by atoms with E-state index in [0.717, 1.165) is 18.4 Å². The average Bonchev–Trinajstić information content (AvgIpc) is 3.28. The number of nitrogens with zero attached hydrogens (tertiary/aromatic N) is 1. The molecule has 0 spiro atoms. The van der Waals surface area contributed by atoms with Crippen molar-refractivity contribution < 1.29 is 22.7 Å². The zero-order valence-corrected chi connectivity index (χ0v) is 18.6. The molecule has 1 heterocycles. The Balaban J connectivity index is 1.76. The van der Waals surface area contributed by atoms with Gasteiger partial charge in [0.1, 0.15) is 0 Å². The van der Waals surface area contributed by atoms with Crippen molar-refractivity contribution in [2.75, 3.05) is 26.8 Å². The van der Waals surface area contributed by atoms with Gasteiger partial charge in [0.2, 0.25) is 10.0 Å². The number of ether oxygens (including phenoxy) is 2. The molecule has 0 bridgehead atoms. The molecule has 1 aliphatic rings. The van der Waals surface area contributed by atoms with Crippen molar-refractivity contribution in [1.29, 1.82) is 0 Å². The Morgan fingerprint density at radius 1 is 1.13 bits per heavy atom. The van der Waals surface area contributed by atoms with Crippen LogP contribution in [-0.4, -0.2) is 45.4 Å². The summed E-state index contributed by atoms with van der Waals surface area (Å²) in [7, 11) is -2.07. The highest BCUT2D eigenvalue weighted by molar-refractivity contribution is 7.89. The minimum Gasteiger partial charge on any atom is -0.493 e. The Hall–Kier alpha value is -2.29. The maximum absolute atomic E-state index is 12.8. The van der Waals surface area contributed by atoms with E-state index in [-0.39, 0.29) is 22.0 Å². The summed E-state index contributed by atoms with van der Waals surface area (Å²) in [5.41, 5.74) is 0.931. The fraction of sp³-hybridized carbons (Fsp3) is 0.381. The minimum atomic E-state index is -3.63. The lowest BCUT2D eigenvalue weighted by atomic mass is 10.1. The number of amides is 1. The molecule has 2 aromatic carbocycles. The maximum Gasteiger partial charge on any atom is 0.253 e. The van der Waals surface area contributed by atoms with Crippen LogP contribution in [0.3, 0.4) is 0 Å². The molecule has 0 aliphatic carbocycles. The SMILES string of the molecule is CCOc1cc(CNC(=O)c2cc(S(=O)(=O)N3CCCC3)ccc2Cl)ccc1OC. The standard InChI is InChI=1S/C21H25ClN2O5S/c1-3-29-20-12-15(6-9-19(20)28-2)14-23-21(25)17-13-16(7-8-18(17)22)30(26,27)24-10-4-5-11-24/h6-9,12-13H,3-5,10-11,14H2,1-2H3,(H,23,25). The van der Waals surface area contributed by atoms with Gasteiger partial charge in [0.25, 0.3) is 5.91 Å².